The second kappa shape index (κ2) is 7.28. The van der Waals surface area contributed by atoms with Crippen LogP contribution in [0.25, 0.3) is 0 Å². The molecule has 1 heterocycles. The Balaban J connectivity index is 1.68. The number of methoxy groups -OCH3 is 1. The average Bonchev–Trinajstić information content (AvgIpc) is 2.59. The smallest absolute Gasteiger partial charge is 0.258 e. The molecule has 2 aromatic carbocycles. The van der Waals surface area contributed by atoms with E-state index in [4.69, 9.17) is 14.2 Å². The van der Waals surface area contributed by atoms with Crippen molar-refractivity contribution in [3.8, 4) is 17.2 Å². The van der Waals surface area contributed by atoms with E-state index in [0.29, 0.717) is 12.2 Å². The first kappa shape index (κ1) is 18.1. The van der Waals surface area contributed by atoms with Crippen molar-refractivity contribution in [2.75, 3.05) is 13.7 Å². The van der Waals surface area contributed by atoms with Crippen LogP contribution in [0.2, 0.25) is 0 Å². The average molecular weight is 355 g/mol. The van der Waals surface area contributed by atoms with Gasteiger partial charge >= 0.3 is 0 Å². The van der Waals surface area contributed by atoms with Crippen molar-refractivity contribution in [1.29, 1.82) is 0 Å². The monoisotopic (exact) mass is 355 g/mol. The quantitative estimate of drug-likeness (QED) is 0.886. The Kier molecular flexibility index (Phi) is 5.07. The summed E-state index contributed by atoms with van der Waals surface area (Å²) in [4.78, 5) is 12.4. The molecule has 26 heavy (non-hydrogen) atoms. The number of hydrogen-bond donors (Lipinski definition) is 1. The van der Waals surface area contributed by atoms with Gasteiger partial charge in [-0.1, -0.05) is 17.7 Å². The minimum Gasteiger partial charge on any atom is -0.497 e. The number of carbonyl (C=O) groups excluding carboxylic acids is 1. The summed E-state index contributed by atoms with van der Waals surface area (Å²) in [7, 11) is 1.62. The van der Waals surface area contributed by atoms with Gasteiger partial charge in [-0.15, -0.1) is 0 Å². The Labute approximate surface area is 154 Å². The van der Waals surface area contributed by atoms with Crippen molar-refractivity contribution in [2.24, 2.45) is 0 Å². The van der Waals surface area contributed by atoms with Gasteiger partial charge in [-0.2, -0.15) is 0 Å². The topological polar surface area (TPSA) is 56.8 Å². The van der Waals surface area contributed by atoms with Crippen molar-refractivity contribution in [3.63, 3.8) is 0 Å². The van der Waals surface area contributed by atoms with Crippen LogP contribution in [-0.2, 0) is 4.79 Å². The number of nitrogens with one attached hydrogen (secondary N) is 1. The molecule has 0 saturated heterocycles. The Bertz CT molecular complexity index is 783. The molecule has 0 aliphatic carbocycles. The lowest BCUT2D eigenvalue weighted by atomic mass is 9.89. The zero-order chi connectivity index (χ0) is 18.7. The molecule has 1 atom stereocenters. The first-order chi connectivity index (χ1) is 12.4. The summed E-state index contributed by atoms with van der Waals surface area (Å²) >= 11 is 0. The van der Waals surface area contributed by atoms with Crippen LogP contribution in [0, 0.1) is 6.92 Å². The molecule has 0 spiro atoms. The zero-order valence-electron chi connectivity index (χ0n) is 15.7. The highest BCUT2D eigenvalue weighted by atomic mass is 16.5. The first-order valence-corrected chi connectivity index (χ1v) is 8.72. The van der Waals surface area contributed by atoms with Crippen LogP contribution in [0.5, 0.6) is 17.2 Å². The van der Waals surface area contributed by atoms with E-state index < -0.39 is 0 Å². The normalized spacial score (nSPS) is 17.6. The van der Waals surface area contributed by atoms with E-state index >= 15 is 0 Å². The molecule has 138 valence electrons. The minimum absolute atomic E-state index is 0.0215. The van der Waals surface area contributed by atoms with E-state index in [0.717, 1.165) is 22.6 Å². The molecule has 3 rings (SSSR count). The van der Waals surface area contributed by atoms with Crippen LogP contribution in [0.3, 0.4) is 0 Å². The fourth-order valence-corrected chi connectivity index (χ4v) is 3.11. The number of fused-ring (bicyclic) bond motifs is 1. The van der Waals surface area contributed by atoms with E-state index in [9.17, 15) is 4.79 Å². The molecule has 5 heteroatoms. The van der Waals surface area contributed by atoms with Gasteiger partial charge in [0.15, 0.2) is 6.61 Å². The molecule has 1 amide bonds. The summed E-state index contributed by atoms with van der Waals surface area (Å²) in [6.45, 7) is 6.01. The Morgan fingerprint density at radius 2 is 1.88 bits per heavy atom. The van der Waals surface area contributed by atoms with Crippen molar-refractivity contribution < 1.29 is 19.0 Å². The molecule has 0 fully saturated rings. The predicted octanol–water partition coefficient (Wildman–Crippen LogP) is 3.80. The third kappa shape index (κ3) is 4.28. The summed E-state index contributed by atoms with van der Waals surface area (Å²) in [5.41, 5.74) is 1.72. The van der Waals surface area contributed by atoms with E-state index in [-0.39, 0.29) is 24.2 Å². The molecule has 5 nitrogen and oxygen atoms in total. The van der Waals surface area contributed by atoms with Gasteiger partial charge in [0.2, 0.25) is 0 Å². The number of amides is 1. The summed E-state index contributed by atoms with van der Waals surface area (Å²) in [6.07, 6.45) is 0.683. The zero-order valence-corrected chi connectivity index (χ0v) is 15.7. The number of aryl methyl sites for hydroxylation is 1. The number of carbonyl (C=O) groups is 1. The lowest BCUT2D eigenvalue weighted by molar-refractivity contribution is -0.124. The molecule has 0 radical (unpaired) electrons. The summed E-state index contributed by atoms with van der Waals surface area (Å²) in [6, 6.07) is 13.2. The highest BCUT2D eigenvalue weighted by Gasteiger charge is 2.34. The van der Waals surface area contributed by atoms with E-state index in [2.05, 4.69) is 5.32 Å². The number of rotatable bonds is 5. The van der Waals surface area contributed by atoms with Crippen LogP contribution >= 0.6 is 0 Å². The molecule has 0 aromatic heterocycles. The van der Waals surface area contributed by atoms with E-state index in [1.165, 1.54) is 0 Å². The molecule has 1 aliphatic rings. The number of hydrogen-bond acceptors (Lipinski definition) is 4. The molecular weight excluding hydrogens is 330 g/mol. The summed E-state index contributed by atoms with van der Waals surface area (Å²) < 4.78 is 16.9. The lowest BCUT2D eigenvalue weighted by Crippen LogP contribution is -2.42. The summed E-state index contributed by atoms with van der Waals surface area (Å²) in [5, 5.41) is 3.07. The fraction of sp³-hybridized carbons (Fsp3) is 0.381. The van der Waals surface area contributed by atoms with Crippen LogP contribution in [0.4, 0.5) is 0 Å². The van der Waals surface area contributed by atoms with E-state index in [1.807, 2.05) is 63.2 Å². The van der Waals surface area contributed by atoms with Crippen LogP contribution in [0.15, 0.2) is 42.5 Å². The van der Waals surface area contributed by atoms with Gasteiger partial charge in [-0.05, 0) is 45.0 Å². The lowest BCUT2D eigenvalue weighted by Gasteiger charge is -2.38. The van der Waals surface area contributed by atoms with Gasteiger partial charge in [0.25, 0.3) is 5.91 Å². The fourth-order valence-electron chi connectivity index (χ4n) is 3.11. The number of ether oxygens (including phenoxy) is 3. The van der Waals surface area contributed by atoms with Gasteiger partial charge in [-0.3, -0.25) is 4.79 Å². The maximum absolute atomic E-state index is 12.4. The highest BCUT2D eigenvalue weighted by Crippen LogP contribution is 2.41. The molecule has 0 unspecified atom stereocenters. The standard InChI is InChI=1S/C21H25NO4/c1-14-5-7-15(8-6-14)25-13-20(23)22-18-12-21(2,3)26-19-11-16(24-4)9-10-17(18)19/h5-11,18H,12-13H2,1-4H3,(H,22,23)/t18-/m0/s1. The van der Waals surface area contributed by atoms with Gasteiger partial charge in [0, 0.05) is 18.1 Å². The van der Waals surface area contributed by atoms with Crippen LogP contribution in [-0.4, -0.2) is 25.2 Å². The molecule has 1 aliphatic heterocycles. The van der Waals surface area contributed by atoms with Crippen LogP contribution < -0.4 is 19.5 Å². The third-order valence-corrected chi connectivity index (χ3v) is 4.40. The summed E-state index contributed by atoms with van der Waals surface area (Å²) in [5.74, 6) is 2.00. The molecular formula is C21H25NO4. The molecule has 2 aromatic rings. The van der Waals surface area contributed by atoms with Gasteiger partial charge in [0.05, 0.1) is 13.2 Å². The largest absolute Gasteiger partial charge is 0.497 e. The van der Waals surface area contributed by atoms with Gasteiger partial charge < -0.3 is 19.5 Å². The van der Waals surface area contributed by atoms with Crippen molar-refractivity contribution >= 4 is 5.91 Å². The van der Waals surface area contributed by atoms with Crippen molar-refractivity contribution in [1.82, 2.24) is 5.32 Å². The maximum Gasteiger partial charge on any atom is 0.258 e. The Hall–Kier alpha value is -2.69. The minimum atomic E-state index is -0.380. The van der Waals surface area contributed by atoms with Gasteiger partial charge in [0.1, 0.15) is 22.8 Å². The van der Waals surface area contributed by atoms with Crippen LogP contribution in [0.1, 0.15) is 37.4 Å². The second-order valence-electron chi connectivity index (χ2n) is 7.19. The highest BCUT2D eigenvalue weighted by molar-refractivity contribution is 5.78. The Morgan fingerprint density at radius 3 is 2.58 bits per heavy atom. The molecule has 1 N–H and O–H groups in total. The van der Waals surface area contributed by atoms with E-state index in [1.54, 1.807) is 7.11 Å². The third-order valence-electron chi connectivity index (χ3n) is 4.40. The van der Waals surface area contributed by atoms with Gasteiger partial charge in [-0.25, -0.2) is 0 Å². The molecule has 0 bridgehead atoms. The first-order valence-electron chi connectivity index (χ1n) is 8.72. The molecule has 0 saturated carbocycles. The van der Waals surface area contributed by atoms with Crippen molar-refractivity contribution in [2.45, 2.75) is 38.8 Å². The number of benzene rings is 2. The predicted molar refractivity (Wildman–Crippen MR) is 99.9 cm³/mol. The maximum atomic E-state index is 12.4. The van der Waals surface area contributed by atoms with Crippen molar-refractivity contribution in [3.05, 3.63) is 53.6 Å². The SMILES string of the molecule is COc1ccc2c(c1)OC(C)(C)C[C@@H]2NC(=O)COc1ccc(C)cc1. The Morgan fingerprint density at radius 1 is 1.19 bits per heavy atom. The second-order valence-corrected chi connectivity index (χ2v) is 7.19.